The van der Waals surface area contributed by atoms with E-state index in [2.05, 4.69) is 6.92 Å². The molecule has 0 spiro atoms. The Hall–Kier alpha value is -1.06. The van der Waals surface area contributed by atoms with Gasteiger partial charge in [0.15, 0.2) is 0 Å². The van der Waals surface area contributed by atoms with Crippen molar-refractivity contribution < 1.29 is 14.6 Å². The van der Waals surface area contributed by atoms with Gasteiger partial charge in [-0.05, 0) is 43.0 Å². The van der Waals surface area contributed by atoms with E-state index in [4.69, 9.17) is 9.47 Å². The van der Waals surface area contributed by atoms with Gasteiger partial charge in [-0.2, -0.15) is 0 Å². The molecule has 16 heavy (non-hydrogen) atoms. The maximum atomic E-state index is 12.2. The second-order valence-corrected chi connectivity index (χ2v) is 4.04. The van der Waals surface area contributed by atoms with Crippen LogP contribution in [0.25, 0.3) is 0 Å². The number of hydrogen-bond donors (Lipinski definition) is 0. The molecular formula is C13H16O3. The van der Waals surface area contributed by atoms with E-state index in [0.717, 1.165) is 18.4 Å². The molecule has 2 atom stereocenters. The van der Waals surface area contributed by atoms with Gasteiger partial charge in [-0.15, -0.1) is 0 Å². The van der Waals surface area contributed by atoms with Crippen LogP contribution in [0.4, 0.5) is 0 Å². The highest BCUT2D eigenvalue weighted by Gasteiger charge is 2.28. The first-order valence-electron chi connectivity index (χ1n) is 5.49. The van der Waals surface area contributed by atoms with Crippen LogP contribution in [0, 0.1) is 6.92 Å². The summed E-state index contributed by atoms with van der Waals surface area (Å²) in [6, 6.07) is 5.39. The molecule has 3 nitrogen and oxygen atoms in total. The summed E-state index contributed by atoms with van der Waals surface area (Å²) in [5, 5.41) is 12.2. The molecule has 1 aromatic carbocycles. The molecule has 1 aliphatic heterocycles. The first-order valence-corrected chi connectivity index (χ1v) is 5.49. The number of ether oxygens (including phenoxy) is 2. The number of hydrogen-bond acceptors (Lipinski definition) is 2. The molecule has 86 valence electrons. The number of methoxy groups -OCH3 is 1. The Morgan fingerprint density at radius 2 is 2.38 bits per heavy atom. The smallest absolute Gasteiger partial charge is 0.144 e. The molecule has 1 fully saturated rings. The molecule has 3 heteroatoms. The summed E-state index contributed by atoms with van der Waals surface area (Å²) in [6.07, 6.45) is 0.739. The molecule has 2 radical (unpaired) electrons. The molecule has 2 unspecified atom stereocenters. The van der Waals surface area contributed by atoms with Gasteiger partial charge in [-0.3, -0.25) is 0 Å². The zero-order valence-corrected chi connectivity index (χ0v) is 9.44. The van der Waals surface area contributed by atoms with Gasteiger partial charge in [0.05, 0.1) is 13.2 Å². The van der Waals surface area contributed by atoms with Crippen molar-refractivity contribution in [2.45, 2.75) is 25.0 Å². The molecule has 0 bridgehead atoms. The van der Waals surface area contributed by atoms with E-state index >= 15 is 0 Å². The minimum absolute atomic E-state index is 0.215. The second-order valence-electron chi connectivity index (χ2n) is 4.04. The third kappa shape index (κ3) is 2.20. The minimum Gasteiger partial charge on any atom is -0.497 e. The lowest BCUT2D eigenvalue weighted by Crippen LogP contribution is -2.17. The van der Waals surface area contributed by atoms with E-state index in [1.165, 1.54) is 0 Å². The minimum atomic E-state index is -0.856. The van der Waals surface area contributed by atoms with Gasteiger partial charge in [0.1, 0.15) is 11.9 Å². The summed E-state index contributed by atoms with van der Waals surface area (Å²) in [7, 11) is 1.59. The SMILES string of the molecule is [CH2]c1ccc(OC)cc1C([O])C1CCCO1. The average Bonchev–Trinajstić information content (AvgIpc) is 2.82. The Labute approximate surface area is 96.0 Å². The van der Waals surface area contributed by atoms with Gasteiger partial charge in [0, 0.05) is 6.61 Å². The monoisotopic (exact) mass is 220 g/mol. The third-order valence-corrected chi connectivity index (χ3v) is 2.96. The van der Waals surface area contributed by atoms with Crippen LogP contribution in [-0.4, -0.2) is 19.8 Å². The van der Waals surface area contributed by atoms with Crippen LogP contribution in [0.15, 0.2) is 18.2 Å². The van der Waals surface area contributed by atoms with Crippen LogP contribution in [0.5, 0.6) is 5.75 Å². The summed E-state index contributed by atoms with van der Waals surface area (Å²) < 4.78 is 10.5. The molecule has 1 aliphatic rings. The first-order chi connectivity index (χ1) is 7.72. The zero-order valence-electron chi connectivity index (χ0n) is 9.44. The Balaban J connectivity index is 2.23. The fourth-order valence-corrected chi connectivity index (χ4v) is 2.01. The van der Waals surface area contributed by atoms with Crippen molar-refractivity contribution >= 4 is 0 Å². The van der Waals surface area contributed by atoms with Gasteiger partial charge < -0.3 is 9.47 Å². The van der Waals surface area contributed by atoms with Crippen LogP contribution in [0.3, 0.4) is 0 Å². The highest BCUT2D eigenvalue weighted by atomic mass is 16.5. The number of rotatable bonds is 3. The predicted molar refractivity (Wildman–Crippen MR) is 59.9 cm³/mol. The Morgan fingerprint density at radius 3 is 3.00 bits per heavy atom. The molecule has 1 heterocycles. The summed E-state index contributed by atoms with van der Waals surface area (Å²) in [5.74, 6) is 0.696. The van der Waals surface area contributed by atoms with Crippen molar-refractivity contribution in [3.8, 4) is 5.75 Å². The van der Waals surface area contributed by atoms with E-state index in [1.807, 2.05) is 12.1 Å². The van der Waals surface area contributed by atoms with Crippen molar-refractivity contribution in [3.05, 3.63) is 36.2 Å². The fourth-order valence-electron chi connectivity index (χ4n) is 2.01. The van der Waals surface area contributed by atoms with Gasteiger partial charge in [-0.25, -0.2) is 5.11 Å². The fraction of sp³-hybridized carbons (Fsp3) is 0.462. The quantitative estimate of drug-likeness (QED) is 0.785. The van der Waals surface area contributed by atoms with Crippen LogP contribution in [0.2, 0.25) is 0 Å². The van der Waals surface area contributed by atoms with Crippen molar-refractivity contribution in [2.75, 3.05) is 13.7 Å². The van der Waals surface area contributed by atoms with Crippen molar-refractivity contribution in [1.82, 2.24) is 0 Å². The molecule has 0 aliphatic carbocycles. The van der Waals surface area contributed by atoms with Gasteiger partial charge in [0.25, 0.3) is 0 Å². The Bertz CT molecular complexity index is 356. The lowest BCUT2D eigenvalue weighted by atomic mass is 9.98. The van der Waals surface area contributed by atoms with Crippen LogP contribution >= 0.6 is 0 Å². The molecule has 0 N–H and O–H groups in total. The summed E-state index contributed by atoms with van der Waals surface area (Å²) in [5.41, 5.74) is 1.45. The standard InChI is InChI=1S/C13H16O3/c1-9-5-6-10(15-2)8-11(9)13(14)12-4-3-7-16-12/h5-6,8,12-13H,1,3-4,7H2,2H3. The molecule has 0 saturated carbocycles. The van der Waals surface area contributed by atoms with Gasteiger partial charge in [0.2, 0.25) is 0 Å². The summed E-state index contributed by atoms with van der Waals surface area (Å²) in [6.45, 7) is 4.57. The van der Waals surface area contributed by atoms with E-state index in [-0.39, 0.29) is 6.10 Å². The molecule has 2 rings (SSSR count). The normalized spacial score (nSPS) is 22.1. The first kappa shape index (κ1) is 11.4. The van der Waals surface area contributed by atoms with E-state index in [0.29, 0.717) is 17.9 Å². The average molecular weight is 220 g/mol. The zero-order chi connectivity index (χ0) is 11.5. The maximum absolute atomic E-state index is 12.2. The number of benzene rings is 1. The molecule has 1 aromatic rings. The maximum Gasteiger partial charge on any atom is 0.144 e. The molecular weight excluding hydrogens is 204 g/mol. The van der Waals surface area contributed by atoms with Gasteiger partial charge >= 0.3 is 0 Å². The Morgan fingerprint density at radius 1 is 1.56 bits per heavy atom. The lowest BCUT2D eigenvalue weighted by molar-refractivity contribution is -0.0410. The Kier molecular flexibility index (Phi) is 3.46. The largest absolute Gasteiger partial charge is 0.497 e. The molecule has 0 amide bonds. The van der Waals surface area contributed by atoms with Crippen LogP contribution < -0.4 is 4.74 Å². The van der Waals surface area contributed by atoms with Gasteiger partial charge in [-0.1, -0.05) is 6.07 Å². The molecule has 1 saturated heterocycles. The van der Waals surface area contributed by atoms with Crippen LogP contribution in [-0.2, 0) is 9.84 Å². The predicted octanol–water partition coefficient (Wildman–Crippen LogP) is 2.53. The third-order valence-electron chi connectivity index (χ3n) is 2.96. The highest BCUT2D eigenvalue weighted by molar-refractivity contribution is 5.39. The van der Waals surface area contributed by atoms with E-state index in [1.54, 1.807) is 13.2 Å². The van der Waals surface area contributed by atoms with Crippen molar-refractivity contribution in [2.24, 2.45) is 0 Å². The topological polar surface area (TPSA) is 38.4 Å². The summed E-state index contributed by atoms with van der Waals surface area (Å²) in [4.78, 5) is 0. The molecule has 0 aromatic heterocycles. The highest BCUT2D eigenvalue weighted by Crippen LogP contribution is 2.31. The summed E-state index contributed by atoms with van der Waals surface area (Å²) >= 11 is 0. The van der Waals surface area contributed by atoms with Crippen LogP contribution in [0.1, 0.15) is 30.1 Å². The van der Waals surface area contributed by atoms with Crippen molar-refractivity contribution in [1.29, 1.82) is 0 Å². The van der Waals surface area contributed by atoms with E-state index in [9.17, 15) is 5.11 Å². The van der Waals surface area contributed by atoms with E-state index < -0.39 is 6.10 Å². The lowest BCUT2D eigenvalue weighted by Gasteiger charge is -2.18. The second kappa shape index (κ2) is 4.85. The van der Waals surface area contributed by atoms with Crippen molar-refractivity contribution in [3.63, 3.8) is 0 Å².